The maximum atomic E-state index is 11.0. The number of non-ortho nitro benzene ring substituents is 2. The number of hydrogen-bond donors (Lipinski definition) is 1. The lowest BCUT2D eigenvalue weighted by Gasteiger charge is -2.02. The molecule has 0 radical (unpaired) electrons. The Bertz CT molecular complexity index is 1170. The molecule has 10 heteroatoms. The average molecular weight is 367 g/mol. The van der Waals surface area contributed by atoms with Crippen LogP contribution in [0, 0.1) is 36.3 Å². The van der Waals surface area contributed by atoms with Gasteiger partial charge in [-0.15, -0.1) is 0 Å². The highest BCUT2D eigenvalue weighted by atomic mass is 32.1. The van der Waals surface area contributed by atoms with Gasteiger partial charge in [0.25, 0.3) is 11.4 Å². The Morgan fingerprint density at radius 3 is 2.31 bits per heavy atom. The monoisotopic (exact) mass is 367 g/mol. The van der Waals surface area contributed by atoms with E-state index in [0.717, 1.165) is 0 Å². The van der Waals surface area contributed by atoms with Gasteiger partial charge in [-0.2, -0.15) is 5.26 Å². The maximum Gasteiger partial charge on any atom is 0.271 e. The number of nitriles is 1. The second-order valence-electron chi connectivity index (χ2n) is 5.22. The summed E-state index contributed by atoms with van der Waals surface area (Å²) in [6.07, 6.45) is 1.44. The van der Waals surface area contributed by atoms with E-state index in [4.69, 9.17) is 12.2 Å². The largest absolute Gasteiger partial charge is 0.330 e. The van der Waals surface area contributed by atoms with Crippen molar-refractivity contribution in [2.24, 2.45) is 0 Å². The summed E-state index contributed by atoms with van der Waals surface area (Å²) >= 11 is 5.23. The highest BCUT2D eigenvalue weighted by Gasteiger charge is 2.12. The molecule has 0 amide bonds. The first kappa shape index (κ1) is 17.0. The number of benzene rings is 2. The fourth-order valence-corrected chi connectivity index (χ4v) is 2.67. The maximum absolute atomic E-state index is 11.0. The van der Waals surface area contributed by atoms with Crippen molar-refractivity contribution < 1.29 is 9.85 Å². The van der Waals surface area contributed by atoms with Gasteiger partial charge >= 0.3 is 0 Å². The third-order valence-corrected chi connectivity index (χ3v) is 3.98. The number of imidazole rings is 1. The molecule has 0 unspecified atom stereocenters. The number of H-pyrrole nitrogens is 1. The van der Waals surface area contributed by atoms with E-state index in [-0.39, 0.29) is 21.7 Å². The number of nitrogens with one attached hydrogen (secondary N) is 1. The molecule has 0 aliphatic carbocycles. The lowest BCUT2D eigenvalue weighted by atomic mass is 10.1. The number of hydrogen-bond acceptors (Lipinski definition) is 6. The number of rotatable bonds is 4. The summed E-state index contributed by atoms with van der Waals surface area (Å²) in [4.78, 5) is 23.6. The Labute approximate surface area is 150 Å². The van der Waals surface area contributed by atoms with Crippen LogP contribution in [0.2, 0.25) is 0 Å². The zero-order valence-corrected chi connectivity index (χ0v) is 13.8. The van der Waals surface area contributed by atoms with E-state index in [0.29, 0.717) is 16.6 Å². The summed E-state index contributed by atoms with van der Waals surface area (Å²) < 4.78 is 1.72. The molecule has 3 rings (SSSR count). The van der Waals surface area contributed by atoms with Crippen molar-refractivity contribution in [1.29, 1.82) is 5.26 Å². The van der Waals surface area contributed by atoms with Crippen LogP contribution in [-0.4, -0.2) is 19.4 Å². The predicted octanol–water partition coefficient (Wildman–Crippen LogP) is 4.04. The van der Waals surface area contributed by atoms with E-state index in [1.807, 2.05) is 6.07 Å². The topological polar surface area (TPSA) is 131 Å². The zero-order valence-electron chi connectivity index (χ0n) is 12.9. The van der Waals surface area contributed by atoms with Crippen LogP contribution in [0.25, 0.3) is 22.8 Å². The summed E-state index contributed by atoms with van der Waals surface area (Å²) in [5.74, 6) is 0. The molecule has 2 aromatic carbocycles. The van der Waals surface area contributed by atoms with Gasteiger partial charge in [0.15, 0.2) is 4.77 Å². The summed E-state index contributed by atoms with van der Waals surface area (Å²) in [5, 5.41) is 31.2. The molecule has 0 atom stereocenters. The van der Waals surface area contributed by atoms with Crippen LogP contribution < -0.4 is 0 Å². The quantitative estimate of drug-likeness (QED) is 0.320. The fraction of sp³-hybridized carbons (Fsp3) is 0. The first-order chi connectivity index (χ1) is 12.4. The average Bonchev–Trinajstić information content (AvgIpc) is 2.94. The molecular weight excluding hydrogens is 358 g/mol. The highest BCUT2D eigenvalue weighted by Crippen LogP contribution is 2.24. The van der Waals surface area contributed by atoms with Gasteiger partial charge in [0.1, 0.15) is 6.07 Å². The Morgan fingerprint density at radius 1 is 1.12 bits per heavy atom. The number of fused-ring (bicyclic) bond motifs is 1. The van der Waals surface area contributed by atoms with Crippen molar-refractivity contribution in [3.63, 3.8) is 0 Å². The molecule has 0 aliphatic rings. The van der Waals surface area contributed by atoms with E-state index in [1.165, 1.54) is 53.2 Å². The predicted molar refractivity (Wildman–Crippen MR) is 96.7 cm³/mol. The number of nitro benzene ring substituents is 2. The molecule has 0 saturated heterocycles. The molecule has 1 heterocycles. The van der Waals surface area contributed by atoms with Crippen molar-refractivity contribution in [3.8, 4) is 6.07 Å². The Kier molecular flexibility index (Phi) is 4.30. The third kappa shape index (κ3) is 3.06. The standard InChI is InChI=1S/C16H9N5O4S/c17-8-11(10-1-3-12(4-2-10)20(22)23)9-19-15-7-13(21(24)25)5-6-14(15)18-16(19)26/h1-7,9H,(H,18,26)/b11-9+. The zero-order chi connectivity index (χ0) is 18.8. The molecule has 26 heavy (non-hydrogen) atoms. The van der Waals surface area contributed by atoms with Crippen LogP contribution in [0.4, 0.5) is 11.4 Å². The summed E-state index contributed by atoms with van der Waals surface area (Å²) in [6, 6.07) is 11.7. The van der Waals surface area contributed by atoms with Crippen molar-refractivity contribution in [1.82, 2.24) is 9.55 Å². The van der Waals surface area contributed by atoms with Gasteiger partial charge < -0.3 is 4.98 Å². The van der Waals surface area contributed by atoms with Gasteiger partial charge in [0.2, 0.25) is 0 Å². The first-order valence-electron chi connectivity index (χ1n) is 7.16. The van der Waals surface area contributed by atoms with Crippen molar-refractivity contribution in [3.05, 3.63) is 73.0 Å². The molecule has 0 aliphatic heterocycles. The van der Waals surface area contributed by atoms with Crippen molar-refractivity contribution >= 4 is 46.4 Å². The summed E-state index contributed by atoms with van der Waals surface area (Å²) in [6.45, 7) is 0. The van der Waals surface area contributed by atoms with Crippen LogP contribution >= 0.6 is 12.2 Å². The summed E-state index contributed by atoms with van der Waals surface area (Å²) in [5.41, 5.74) is 1.48. The lowest BCUT2D eigenvalue weighted by molar-refractivity contribution is -0.385. The Hall–Kier alpha value is -3.84. The molecule has 128 valence electrons. The normalized spacial score (nSPS) is 11.3. The number of aromatic amines is 1. The fourth-order valence-electron chi connectivity index (χ4n) is 2.41. The van der Waals surface area contributed by atoms with Gasteiger partial charge in [-0.05, 0) is 36.0 Å². The van der Waals surface area contributed by atoms with Gasteiger partial charge in [-0.1, -0.05) is 0 Å². The smallest absolute Gasteiger partial charge is 0.271 e. The van der Waals surface area contributed by atoms with Gasteiger partial charge in [-0.3, -0.25) is 24.8 Å². The SMILES string of the molecule is N#C/C(=C\n1c(=S)[nH]c2ccc([N+](=O)[O-])cc21)c1ccc([N+](=O)[O-])cc1. The van der Waals surface area contributed by atoms with Crippen LogP contribution in [0.3, 0.4) is 0 Å². The highest BCUT2D eigenvalue weighted by molar-refractivity contribution is 7.71. The van der Waals surface area contributed by atoms with Gasteiger partial charge in [0, 0.05) is 30.5 Å². The van der Waals surface area contributed by atoms with E-state index in [2.05, 4.69) is 4.98 Å². The second kappa shape index (κ2) is 6.58. The number of nitro groups is 2. The van der Waals surface area contributed by atoms with Crippen molar-refractivity contribution in [2.75, 3.05) is 0 Å². The molecule has 1 aromatic heterocycles. The van der Waals surface area contributed by atoms with E-state index < -0.39 is 9.85 Å². The minimum atomic E-state index is -0.533. The van der Waals surface area contributed by atoms with E-state index in [9.17, 15) is 25.5 Å². The Morgan fingerprint density at radius 2 is 1.73 bits per heavy atom. The number of allylic oxidation sites excluding steroid dienone is 1. The summed E-state index contributed by atoms with van der Waals surface area (Å²) in [7, 11) is 0. The molecule has 3 aromatic rings. The number of nitrogens with zero attached hydrogens (tertiary/aromatic N) is 4. The number of aromatic nitrogens is 2. The van der Waals surface area contributed by atoms with Gasteiger partial charge in [0.05, 0.1) is 26.5 Å². The molecule has 9 nitrogen and oxygen atoms in total. The molecular formula is C16H9N5O4S. The van der Waals surface area contributed by atoms with Crippen molar-refractivity contribution in [2.45, 2.75) is 0 Å². The molecule has 0 bridgehead atoms. The van der Waals surface area contributed by atoms with Crippen LogP contribution in [0.15, 0.2) is 42.5 Å². The van der Waals surface area contributed by atoms with E-state index in [1.54, 1.807) is 0 Å². The molecule has 0 fully saturated rings. The van der Waals surface area contributed by atoms with Crippen LogP contribution in [0.5, 0.6) is 0 Å². The minimum absolute atomic E-state index is 0.0922. The Balaban J connectivity index is 2.15. The third-order valence-electron chi connectivity index (χ3n) is 3.68. The van der Waals surface area contributed by atoms with E-state index >= 15 is 0 Å². The molecule has 0 spiro atoms. The van der Waals surface area contributed by atoms with Crippen LogP contribution in [0.1, 0.15) is 5.56 Å². The molecule has 0 saturated carbocycles. The minimum Gasteiger partial charge on any atom is -0.330 e. The first-order valence-corrected chi connectivity index (χ1v) is 7.57. The van der Waals surface area contributed by atoms with Crippen LogP contribution in [-0.2, 0) is 0 Å². The molecule has 1 N–H and O–H groups in total. The second-order valence-corrected chi connectivity index (χ2v) is 5.60. The lowest BCUT2D eigenvalue weighted by Crippen LogP contribution is -1.92. The van der Waals surface area contributed by atoms with Gasteiger partial charge in [-0.25, -0.2) is 0 Å².